The minimum atomic E-state index is -7.62. The van der Waals surface area contributed by atoms with E-state index >= 15 is 0 Å². The fraction of sp³-hybridized carbons (Fsp3) is 1.00. The molecule has 0 atom stereocenters. The van der Waals surface area contributed by atoms with Gasteiger partial charge in [-0.05, 0) is 32.1 Å². The molecular formula is C30H56F10NO4PS2. The number of unbranched alkanes of at least 4 members (excludes halogenated alkanes) is 14. The minimum Gasteiger partial charge on any atom is -0.425 e. The van der Waals surface area contributed by atoms with Crippen LogP contribution in [0.15, 0.2) is 0 Å². The van der Waals surface area contributed by atoms with Crippen molar-refractivity contribution in [3.8, 4) is 0 Å². The Morgan fingerprint density at radius 2 is 0.625 bits per heavy atom. The van der Waals surface area contributed by atoms with Gasteiger partial charge in [0, 0.05) is 7.26 Å². The molecule has 0 unspecified atom stereocenters. The molecule has 48 heavy (non-hydrogen) atoms. The van der Waals surface area contributed by atoms with Crippen LogP contribution in [0.25, 0.3) is 4.13 Å². The first kappa shape index (κ1) is 49.7. The summed E-state index contributed by atoms with van der Waals surface area (Å²) in [6.07, 6.45) is 19.0. The van der Waals surface area contributed by atoms with E-state index < -0.39 is 50.2 Å². The van der Waals surface area contributed by atoms with Crippen molar-refractivity contribution in [1.29, 1.82) is 0 Å². The second-order valence-electron chi connectivity index (χ2n) is 12.2. The molecule has 0 amide bonds. The first-order chi connectivity index (χ1) is 21.9. The maximum Gasteiger partial charge on any atom is 0.467 e. The van der Waals surface area contributed by atoms with E-state index in [1.807, 2.05) is 0 Å². The topological polar surface area (TPSA) is 82.4 Å². The lowest BCUT2D eigenvalue weighted by molar-refractivity contribution is -0.241. The number of nitrogens with zero attached hydrogens (tertiary/aromatic N) is 1. The van der Waals surface area contributed by atoms with Crippen LogP contribution >= 0.6 is 7.26 Å². The standard InChI is InChI=1S/C26H56P.C4F10NO4S2/c1-5-9-13-14-15-16-17-18-19-20-21-22-26-27(23-10-6-2,24-11-7-3)25-12-8-4;5-1(6,7)3(11,12)20(16,17)15-21(18,19)4(13,14)2(8,9)10/h5-26H2,1-4H3;/q+1;-1. The van der Waals surface area contributed by atoms with Gasteiger partial charge in [-0.1, -0.05) is 111 Å². The van der Waals surface area contributed by atoms with E-state index in [4.69, 9.17) is 0 Å². The molecule has 0 heterocycles. The van der Waals surface area contributed by atoms with E-state index in [1.165, 1.54) is 109 Å². The van der Waals surface area contributed by atoms with Gasteiger partial charge in [0.15, 0.2) is 20.0 Å². The number of alkyl halides is 10. The first-order valence-corrected chi connectivity index (χ1v) is 22.3. The fourth-order valence-corrected chi connectivity index (χ4v) is 12.5. The molecule has 0 saturated carbocycles. The van der Waals surface area contributed by atoms with Crippen LogP contribution < -0.4 is 0 Å². The van der Waals surface area contributed by atoms with Gasteiger partial charge in [0.25, 0.3) is 0 Å². The summed E-state index contributed by atoms with van der Waals surface area (Å²) in [5.74, 6) is 0. The third-order valence-electron chi connectivity index (χ3n) is 7.95. The summed E-state index contributed by atoms with van der Waals surface area (Å²) in [6, 6.07) is 0. The van der Waals surface area contributed by atoms with Gasteiger partial charge in [0.05, 0.1) is 24.6 Å². The Hall–Kier alpha value is -0.410. The molecule has 0 aliphatic heterocycles. The van der Waals surface area contributed by atoms with E-state index in [-0.39, 0.29) is 0 Å². The summed E-state index contributed by atoms with van der Waals surface area (Å²) >= 11 is 0. The molecule has 0 aliphatic rings. The van der Waals surface area contributed by atoms with Crippen molar-refractivity contribution in [2.45, 2.75) is 166 Å². The maximum atomic E-state index is 12.3. The molecule has 0 saturated heterocycles. The Balaban J connectivity index is 0. The van der Waals surface area contributed by atoms with Gasteiger partial charge >= 0.3 is 22.9 Å². The van der Waals surface area contributed by atoms with Gasteiger partial charge in [-0.2, -0.15) is 43.9 Å². The molecule has 0 radical (unpaired) electrons. The normalized spacial score (nSPS) is 13.8. The lowest BCUT2D eigenvalue weighted by atomic mass is 10.1. The van der Waals surface area contributed by atoms with Crippen LogP contribution in [0.4, 0.5) is 43.9 Å². The van der Waals surface area contributed by atoms with Crippen LogP contribution in [0.2, 0.25) is 0 Å². The summed E-state index contributed by atoms with van der Waals surface area (Å²) in [4.78, 5) is 0. The van der Waals surface area contributed by atoms with Crippen LogP contribution in [-0.2, 0) is 20.0 Å². The second-order valence-corrected chi connectivity index (χ2v) is 20.2. The molecule has 0 N–H and O–H groups in total. The fourth-order valence-electron chi connectivity index (χ4n) is 4.95. The van der Waals surface area contributed by atoms with E-state index in [0.717, 1.165) is 0 Å². The van der Waals surface area contributed by atoms with Crippen molar-refractivity contribution >= 4 is 27.3 Å². The molecule has 0 aromatic heterocycles. The van der Waals surface area contributed by atoms with Crippen molar-refractivity contribution in [2.24, 2.45) is 0 Å². The second kappa shape index (κ2) is 23.2. The summed E-state index contributed by atoms with van der Waals surface area (Å²) in [5.41, 5.74) is 0. The van der Waals surface area contributed by atoms with E-state index in [1.54, 1.807) is 31.1 Å². The molecule has 0 bridgehead atoms. The zero-order valence-corrected chi connectivity index (χ0v) is 31.2. The molecular weight excluding hydrogens is 723 g/mol. The van der Waals surface area contributed by atoms with Crippen LogP contribution in [0.5, 0.6) is 0 Å². The highest BCUT2D eigenvalue weighted by molar-refractivity contribution is 8.13. The summed E-state index contributed by atoms with van der Waals surface area (Å²) < 4.78 is 161. The monoisotopic (exact) mass is 779 g/mol. The van der Waals surface area contributed by atoms with Gasteiger partial charge in [-0.3, -0.25) is 0 Å². The summed E-state index contributed by atoms with van der Waals surface area (Å²) in [7, 11) is -15.9. The quantitative estimate of drug-likeness (QED) is 0.0497. The zero-order valence-electron chi connectivity index (χ0n) is 28.7. The molecule has 18 heteroatoms. The molecule has 0 fully saturated rings. The number of halogens is 10. The largest absolute Gasteiger partial charge is 0.467 e. The third kappa shape index (κ3) is 17.7. The average molecular weight is 780 g/mol. The smallest absolute Gasteiger partial charge is 0.425 e. The van der Waals surface area contributed by atoms with Gasteiger partial charge < -0.3 is 4.13 Å². The Labute approximate surface area is 282 Å². The Morgan fingerprint density at radius 1 is 0.396 bits per heavy atom. The highest BCUT2D eigenvalue weighted by Crippen LogP contribution is 2.61. The van der Waals surface area contributed by atoms with E-state index in [0.29, 0.717) is 4.13 Å². The average Bonchev–Trinajstić information content (AvgIpc) is 2.96. The SMILES string of the molecule is CCCCCCCCCCCCCC[P+](CCCC)(CCCC)CCCC.O=S(=O)([N-]S(=O)(=O)C(F)(F)C(F)(F)F)C(F)(F)C(F)(F)F. The predicted octanol–water partition coefficient (Wildman–Crippen LogP) is 12.4. The predicted molar refractivity (Wildman–Crippen MR) is 175 cm³/mol. The molecule has 0 rings (SSSR count). The molecule has 0 spiro atoms. The number of rotatable bonds is 26. The van der Waals surface area contributed by atoms with Crippen molar-refractivity contribution in [3.63, 3.8) is 0 Å². The molecule has 0 aromatic rings. The number of hydrogen-bond acceptors (Lipinski definition) is 4. The Bertz CT molecular complexity index is 979. The molecule has 292 valence electrons. The lowest BCUT2D eigenvalue weighted by Crippen LogP contribution is -2.48. The highest BCUT2D eigenvalue weighted by atomic mass is 32.3. The van der Waals surface area contributed by atoms with Crippen molar-refractivity contribution in [1.82, 2.24) is 0 Å². The van der Waals surface area contributed by atoms with Crippen LogP contribution in [0.1, 0.15) is 143 Å². The van der Waals surface area contributed by atoms with E-state index in [2.05, 4.69) is 27.7 Å². The maximum absolute atomic E-state index is 12.3. The first-order valence-electron chi connectivity index (χ1n) is 16.9. The van der Waals surface area contributed by atoms with Gasteiger partial charge in [0.1, 0.15) is 0 Å². The zero-order chi connectivity index (χ0) is 37.8. The highest BCUT2D eigenvalue weighted by Gasteiger charge is 2.68. The van der Waals surface area contributed by atoms with Crippen LogP contribution in [-0.4, -0.2) is 64.3 Å². The molecule has 0 aromatic carbocycles. The Morgan fingerprint density at radius 3 is 0.875 bits per heavy atom. The van der Waals surface area contributed by atoms with Crippen molar-refractivity contribution < 1.29 is 60.7 Å². The molecule has 5 nitrogen and oxygen atoms in total. The van der Waals surface area contributed by atoms with Gasteiger partial charge in [-0.15, -0.1) is 0 Å². The molecule has 0 aliphatic carbocycles. The van der Waals surface area contributed by atoms with Crippen molar-refractivity contribution in [3.05, 3.63) is 4.13 Å². The third-order valence-corrected chi connectivity index (χ3v) is 16.3. The van der Waals surface area contributed by atoms with Crippen LogP contribution in [0.3, 0.4) is 0 Å². The Kier molecular flexibility index (Phi) is 24.0. The number of sulfonamides is 2. The van der Waals surface area contributed by atoms with Gasteiger partial charge in [-0.25, -0.2) is 16.8 Å². The van der Waals surface area contributed by atoms with Crippen molar-refractivity contribution in [2.75, 3.05) is 24.6 Å². The van der Waals surface area contributed by atoms with Crippen LogP contribution in [0, 0.1) is 0 Å². The summed E-state index contributed by atoms with van der Waals surface area (Å²) in [6.45, 7) is 9.47. The lowest BCUT2D eigenvalue weighted by Gasteiger charge is -2.31. The summed E-state index contributed by atoms with van der Waals surface area (Å²) in [5, 5.41) is -14.0. The minimum absolute atomic E-state index is 0.422. The van der Waals surface area contributed by atoms with Gasteiger partial charge in [0.2, 0.25) is 0 Å². The number of hydrogen-bond donors (Lipinski definition) is 0. The van der Waals surface area contributed by atoms with E-state index in [9.17, 15) is 60.7 Å².